The summed E-state index contributed by atoms with van der Waals surface area (Å²) in [7, 11) is 0. The van der Waals surface area contributed by atoms with Crippen molar-refractivity contribution in [3.05, 3.63) is 16.8 Å². The Morgan fingerprint density at radius 3 is 2.70 bits per heavy atom. The summed E-state index contributed by atoms with van der Waals surface area (Å²) in [5, 5.41) is 4.68. The summed E-state index contributed by atoms with van der Waals surface area (Å²) in [5.41, 5.74) is 0.376. The van der Waals surface area contributed by atoms with Gasteiger partial charge in [-0.05, 0) is 30.7 Å². The van der Waals surface area contributed by atoms with Crippen LogP contribution in [-0.2, 0) is 6.42 Å². The third-order valence-electron chi connectivity index (χ3n) is 4.18. The van der Waals surface area contributed by atoms with Crippen molar-refractivity contribution in [2.45, 2.75) is 52.9 Å². The average Bonchev–Trinajstić information content (AvgIpc) is 2.87. The zero-order valence-corrected chi connectivity index (χ0v) is 13.6. The van der Waals surface area contributed by atoms with Gasteiger partial charge in [-0.1, -0.05) is 27.7 Å². The van der Waals surface area contributed by atoms with Crippen LogP contribution < -0.4 is 5.32 Å². The molecule has 1 aliphatic rings. The number of anilines is 1. The molecule has 1 unspecified atom stereocenters. The zero-order valence-electron chi connectivity index (χ0n) is 12.8. The second-order valence-electron chi connectivity index (χ2n) is 6.39. The van der Waals surface area contributed by atoms with Crippen molar-refractivity contribution in [1.29, 1.82) is 0 Å². The molecule has 1 saturated carbocycles. The van der Waals surface area contributed by atoms with Crippen LogP contribution in [-0.4, -0.2) is 16.5 Å². The number of nitrogens with one attached hydrogen (secondary N) is 1. The van der Waals surface area contributed by atoms with E-state index < -0.39 is 0 Å². The first-order chi connectivity index (χ1) is 9.55. The van der Waals surface area contributed by atoms with Crippen LogP contribution in [0, 0.1) is 5.41 Å². The fourth-order valence-electron chi connectivity index (χ4n) is 2.60. The topological polar surface area (TPSA) is 37.8 Å². The molecule has 3 nitrogen and oxygen atoms in total. The van der Waals surface area contributed by atoms with Crippen LogP contribution in [0.3, 0.4) is 0 Å². The van der Waals surface area contributed by atoms with Gasteiger partial charge in [-0.2, -0.15) is 0 Å². The third-order valence-corrected chi connectivity index (χ3v) is 5.35. The highest BCUT2D eigenvalue weighted by molar-refractivity contribution is 7.18. The number of hydrogen-bond acceptors (Lipinski definition) is 4. The van der Waals surface area contributed by atoms with Crippen LogP contribution in [0.4, 0.5) is 5.82 Å². The standard InChI is InChI=1S/C16H23N3S/c1-5-7-17-13-11-8-10(6-2)20-15(11)19-14(18-13)12-9-16(12,3)4/h8,12H,5-7,9H2,1-4H3,(H,17,18,19). The number of aromatic nitrogens is 2. The van der Waals surface area contributed by atoms with E-state index in [9.17, 15) is 0 Å². The Morgan fingerprint density at radius 1 is 1.35 bits per heavy atom. The minimum absolute atomic E-state index is 0.376. The van der Waals surface area contributed by atoms with Gasteiger partial charge in [0.2, 0.25) is 0 Å². The first kappa shape index (κ1) is 13.8. The van der Waals surface area contributed by atoms with E-state index in [4.69, 9.17) is 9.97 Å². The van der Waals surface area contributed by atoms with E-state index >= 15 is 0 Å². The molecule has 0 aromatic carbocycles. The molecule has 1 aliphatic carbocycles. The molecule has 108 valence electrons. The van der Waals surface area contributed by atoms with Crippen LogP contribution in [0.1, 0.15) is 57.2 Å². The van der Waals surface area contributed by atoms with Gasteiger partial charge in [0.25, 0.3) is 0 Å². The van der Waals surface area contributed by atoms with Crippen molar-refractivity contribution in [2.75, 3.05) is 11.9 Å². The summed E-state index contributed by atoms with van der Waals surface area (Å²) in [4.78, 5) is 12.2. The number of rotatable bonds is 5. The molecule has 0 saturated heterocycles. The van der Waals surface area contributed by atoms with E-state index in [1.165, 1.54) is 16.7 Å². The second-order valence-corrected chi connectivity index (χ2v) is 7.50. The minimum Gasteiger partial charge on any atom is -0.369 e. The lowest BCUT2D eigenvalue weighted by atomic mass is 10.1. The van der Waals surface area contributed by atoms with Gasteiger partial charge in [0.15, 0.2) is 0 Å². The molecule has 0 aliphatic heterocycles. The van der Waals surface area contributed by atoms with Crippen molar-refractivity contribution in [3.63, 3.8) is 0 Å². The van der Waals surface area contributed by atoms with E-state index in [-0.39, 0.29) is 0 Å². The van der Waals surface area contributed by atoms with E-state index in [1.54, 1.807) is 0 Å². The SMILES string of the molecule is CCCNc1nc(C2CC2(C)C)nc2sc(CC)cc12. The highest BCUT2D eigenvalue weighted by Gasteiger charge is 2.48. The van der Waals surface area contributed by atoms with Gasteiger partial charge >= 0.3 is 0 Å². The van der Waals surface area contributed by atoms with Crippen molar-refractivity contribution in [1.82, 2.24) is 9.97 Å². The molecule has 0 amide bonds. The highest BCUT2D eigenvalue weighted by Crippen LogP contribution is 2.58. The Morgan fingerprint density at radius 2 is 2.10 bits per heavy atom. The predicted octanol–water partition coefficient (Wildman–Crippen LogP) is 4.59. The molecule has 2 aromatic rings. The first-order valence-corrected chi connectivity index (χ1v) is 8.41. The number of fused-ring (bicyclic) bond motifs is 1. The van der Waals surface area contributed by atoms with E-state index in [0.717, 1.165) is 35.9 Å². The Hall–Kier alpha value is -1.16. The molecule has 4 heteroatoms. The van der Waals surface area contributed by atoms with Crippen LogP contribution in [0.15, 0.2) is 6.07 Å². The summed E-state index contributed by atoms with van der Waals surface area (Å²) >= 11 is 1.81. The molecule has 0 radical (unpaired) electrons. The molecular formula is C16H23N3S. The normalized spacial score (nSPS) is 20.3. The fraction of sp³-hybridized carbons (Fsp3) is 0.625. The van der Waals surface area contributed by atoms with E-state index in [0.29, 0.717) is 11.3 Å². The van der Waals surface area contributed by atoms with Gasteiger partial charge < -0.3 is 5.32 Å². The maximum absolute atomic E-state index is 4.84. The summed E-state index contributed by atoms with van der Waals surface area (Å²) in [6.07, 6.45) is 3.39. The van der Waals surface area contributed by atoms with E-state index in [2.05, 4.69) is 39.1 Å². The molecule has 1 N–H and O–H groups in total. The summed E-state index contributed by atoms with van der Waals surface area (Å²) in [5.74, 6) is 2.59. The van der Waals surface area contributed by atoms with E-state index in [1.807, 2.05) is 11.3 Å². The van der Waals surface area contributed by atoms with Crippen molar-refractivity contribution < 1.29 is 0 Å². The minimum atomic E-state index is 0.376. The highest BCUT2D eigenvalue weighted by atomic mass is 32.1. The summed E-state index contributed by atoms with van der Waals surface area (Å²) in [6.45, 7) is 9.95. The molecule has 3 rings (SSSR count). The molecule has 0 bridgehead atoms. The lowest BCUT2D eigenvalue weighted by Crippen LogP contribution is -2.06. The molecule has 1 atom stereocenters. The van der Waals surface area contributed by atoms with Gasteiger partial charge in [-0.15, -0.1) is 11.3 Å². The second kappa shape index (κ2) is 4.99. The lowest BCUT2D eigenvalue weighted by Gasteiger charge is -2.08. The quantitative estimate of drug-likeness (QED) is 0.875. The van der Waals surface area contributed by atoms with Crippen molar-refractivity contribution >= 4 is 27.4 Å². The maximum atomic E-state index is 4.84. The molecule has 2 aromatic heterocycles. The smallest absolute Gasteiger partial charge is 0.138 e. The Bertz CT molecular complexity index is 630. The fourth-order valence-corrected chi connectivity index (χ4v) is 3.58. The molecule has 0 spiro atoms. The molecular weight excluding hydrogens is 266 g/mol. The Balaban J connectivity index is 2.04. The van der Waals surface area contributed by atoms with Gasteiger partial charge in [-0.3, -0.25) is 0 Å². The van der Waals surface area contributed by atoms with Gasteiger partial charge in [0, 0.05) is 17.3 Å². The Labute approximate surface area is 124 Å². The third kappa shape index (κ3) is 2.41. The maximum Gasteiger partial charge on any atom is 0.138 e. The average molecular weight is 289 g/mol. The monoisotopic (exact) mass is 289 g/mol. The summed E-state index contributed by atoms with van der Waals surface area (Å²) < 4.78 is 0. The predicted molar refractivity (Wildman–Crippen MR) is 86.7 cm³/mol. The lowest BCUT2D eigenvalue weighted by molar-refractivity contribution is 0.610. The number of nitrogens with zero attached hydrogens (tertiary/aromatic N) is 2. The van der Waals surface area contributed by atoms with Crippen LogP contribution in [0.25, 0.3) is 10.2 Å². The molecule has 20 heavy (non-hydrogen) atoms. The van der Waals surface area contributed by atoms with Crippen LogP contribution in [0.2, 0.25) is 0 Å². The van der Waals surface area contributed by atoms with Crippen molar-refractivity contribution in [3.8, 4) is 0 Å². The Kier molecular flexibility index (Phi) is 3.44. The van der Waals surface area contributed by atoms with Crippen molar-refractivity contribution in [2.24, 2.45) is 5.41 Å². The molecule has 2 heterocycles. The largest absolute Gasteiger partial charge is 0.369 e. The molecule has 1 fully saturated rings. The van der Waals surface area contributed by atoms with Gasteiger partial charge in [0.1, 0.15) is 16.5 Å². The van der Waals surface area contributed by atoms with Gasteiger partial charge in [-0.25, -0.2) is 9.97 Å². The van der Waals surface area contributed by atoms with Crippen LogP contribution in [0.5, 0.6) is 0 Å². The van der Waals surface area contributed by atoms with Gasteiger partial charge in [0.05, 0.1) is 5.39 Å². The summed E-state index contributed by atoms with van der Waals surface area (Å²) in [6, 6.07) is 2.25. The number of aryl methyl sites for hydroxylation is 1. The first-order valence-electron chi connectivity index (χ1n) is 7.59. The van der Waals surface area contributed by atoms with Crippen LogP contribution >= 0.6 is 11.3 Å². The number of thiophene rings is 1. The number of hydrogen-bond donors (Lipinski definition) is 1. The zero-order chi connectivity index (χ0) is 14.3.